The number of aromatic nitrogens is 6. The van der Waals surface area contributed by atoms with E-state index in [0.717, 1.165) is 95.8 Å². The first-order chi connectivity index (χ1) is 24.2. The van der Waals surface area contributed by atoms with Crippen LogP contribution in [-0.4, -0.2) is 29.5 Å². The van der Waals surface area contributed by atoms with E-state index in [0.29, 0.717) is 0 Å². The minimum atomic E-state index is 0.799. The van der Waals surface area contributed by atoms with Crippen molar-refractivity contribution in [2.45, 2.75) is 13.3 Å². The Bertz CT molecular complexity index is 2560. The van der Waals surface area contributed by atoms with E-state index >= 15 is 0 Å². The minimum absolute atomic E-state index is 0.799. The fraction of sp³-hybridized carbons (Fsp3) is 0.0465. The van der Waals surface area contributed by atoms with Crippen molar-refractivity contribution < 1.29 is 0 Å². The molecular formula is C43H30N6. The van der Waals surface area contributed by atoms with E-state index in [-0.39, 0.29) is 0 Å². The third kappa shape index (κ3) is 5.02. The van der Waals surface area contributed by atoms with E-state index < -0.39 is 0 Å². The summed E-state index contributed by atoms with van der Waals surface area (Å²) in [6, 6.07) is 47.9. The van der Waals surface area contributed by atoms with Crippen LogP contribution < -0.4 is 0 Å². The Balaban J connectivity index is 1.23. The van der Waals surface area contributed by atoms with Gasteiger partial charge in [-0.05, 0) is 77.2 Å². The zero-order valence-corrected chi connectivity index (χ0v) is 26.8. The smallest absolute Gasteiger partial charge is 0.114 e. The van der Waals surface area contributed by atoms with E-state index in [1.165, 1.54) is 0 Å². The summed E-state index contributed by atoms with van der Waals surface area (Å²) in [4.78, 5) is 24.7. The molecule has 232 valence electrons. The van der Waals surface area contributed by atoms with E-state index in [1.54, 1.807) is 12.4 Å². The summed E-state index contributed by atoms with van der Waals surface area (Å²) < 4.78 is 2.28. The molecule has 0 saturated carbocycles. The van der Waals surface area contributed by atoms with Gasteiger partial charge in [-0.15, -0.1) is 0 Å². The van der Waals surface area contributed by atoms with Crippen LogP contribution in [0.5, 0.6) is 0 Å². The number of aryl methyl sites for hydroxylation is 1. The van der Waals surface area contributed by atoms with Crippen LogP contribution in [0.4, 0.5) is 0 Å². The fourth-order valence-corrected chi connectivity index (χ4v) is 6.75. The number of imidazole rings is 1. The van der Waals surface area contributed by atoms with Gasteiger partial charge in [0.2, 0.25) is 0 Å². The zero-order valence-electron chi connectivity index (χ0n) is 26.8. The van der Waals surface area contributed by atoms with Crippen molar-refractivity contribution in [2.75, 3.05) is 0 Å². The van der Waals surface area contributed by atoms with Crippen molar-refractivity contribution in [3.05, 3.63) is 158 Å². The molecule has 49 heavy (non-hydrogen) atoms. The lowest BCUT2D eigenvalue weighted by atomic mass is 9.96. The van der Waals surface area contributed by atoms with Crippen LogP contribution in [0, 0.1) is 0 Å². The highest BCUT2D eigenvalue weighted by molar-refractivity contribution is 6.19. The molecule has 0 aliphatic carbocycles. The number of para-hydroxylation sites is 2. The lowest BCUT2D eigenvalue weighted by Gasteiger charge is -2.13. The molecule has 5 aromatic heterocycles. The fourth-order valence-electron chi connectivity index (χ4n) is 6.75. The van der Waals surface area contributed by atoms with E-state index in [9.17, 15) is 0 Å². The molecule has 5 heterocycles. The molecule has 0 saturated heterocycles. The standard InChI is InChI=1S/C43H30N6/c1-2-40-48-43-39(49(40)31-12-4-3-5-13-31)23-22-33-32-14-6-7-15-34(32)47-42(41(33)43)29-20-18-28(19-21-29)30-26-37(35-16-8-10-24-44-35)46-38(27-30)36-17-9-11-25-45-36/h3-27H,2H2,1H3. The molecule has 6 nitrogen and oxygen atoms in total. The topological polar surface area (TPSA) is 69.4 Å². The van der Waals surface area contributed by atoms with E-state index in [2.05, 4.69) is 112 Å². The number of benzene rings is 4. The first kappa shape index (κ1) is 28.7. The van der Waals surface area contributed by atoms with Gasteiger partial charge in [0.25, 0.3) is 0 Å². The van der Waals surface area contributed by atoms with Gasteiger partial charge >= 0.3 is 0 Å². The van der Waals surface area contributed by atoms with Crippen LogP contribution in [0.25, 0.3) is 83.6 Å². The molecule has 6 heteroatoms. The van der Waals surface area contributed by atoms with Gasteiger partial charge in [0.1, 0.15) is 5.82 Å². The van der Waals surface area contributed by atoms with Crippen molar-refractivity contribution in [3.63, 3.8) is 0 Å². The Hall–Kier alpha value is -6.53. The van der Waals surface area contributed by atoms with Crippen LogP contribution in [-0.2, 0) is 6.42 Å². The summed E-state index contributed by atoms with van der Waals surface area (Å²) in [7, 11) is 0. The summed E-state index contributed by atoms with van der Waals surface area (Å²) >= 11 is 0. The van der Waals surface area contributed by atoms with Crippen LogP contribution in [0.2, 0.25) is 0 Å². The summed E-state index contributed by atoms with van der Waals surface area (Å²) in [6.45, 7) is 2.16. The molecule has 0 aliphatic heterocycles. The lowest BCUT2D eigenvalue weighted by molar-refractivity contribution is 0.908. The van der Waals surface area contributed by atoms with Crippen molar-refractivity contribution in [3.8, 4) is 50.8 Å². The monoisotopic (exact) mass is 630 g/mol. The van der Waals surface area contributed by atoms with Gasteiger partial charge in [0.05, 0.1) is 45.0 Å². The minimum Gasteiger partial charge on any atom is -0.296 e. The molecule has 0 radical (unpaired) electrons. The molecule has 0 N–H and O–H groups in total. The summed E-state index contributed by atoms with van der Waals surface area (Å²) in [6.07, 6.45) is 4.40. The largest absolute Gasteiger partial charge is 0.296 e. The van der Waals surface area contributed by atoms with Gasteiger partial charge in [-0.1, -0.05) is 85.8 Å². The van der Waals surface area contributed by atoms with Crippen LogP contribution >= 0.6 is 0 Å². The molecule has 4 aromatic carbocycles. The predicted octanol–water partition coefficient (Wildman–Crippen LogP) is 10.1. The molecule has 0 amide bonds. The lowest BCUT2D eigenvalue weighted by Crippen LogP contribution is -1.99. The maximum absolute atomic E-state index is 5.30. The Kier molecular flexibility index (Phi) is 6.98. The number of fused-ring (bicyclic) bond motifs is 5. The number of hydrogen-bond donors (Lipinski definition) is 0. The van der Waals surface area contributed by atoms with Crippen molar-refractivity contribution in [1.82, 2.24) is 29.5 Å². The third-order valence-electron chi connectivity index (χ3n) is 9.06. The third-order valence-corrected chi connectivity index (χ3v) is 9.06. The molecule has 0 aliphatic rings. The first-order valence-electron chi connectivity index (χ1n) is 16.5. The molecule has 0 bridgehead atoms. The van der Waals surface area contributed by atoms with Crippen molar-refractivity contribution >= 4 is 32.7 Å². The summed E-state index contributed by atoms with van der Waals surface area (Å²) in [5, 5.41) is 3.33. The highest BCUT2D eigenvalue weighted by atomic mass is 15.1. The normalized spacial score (nSPS) is 11.4. The van der Waals surface area contributed by atoms with Gasteiger partial charge in [-0.2, -0.15) is 0 Å². The Morgan fingerprint density at radius 1 is 0.510 bits per heavy atom. The average molecular weight is 631 g/mol. The van der Waals surface area contributed by atoms with Crippen molar-refractivity contribution in [2.24, 2.45) is 0 Å². The van der Waals surface area contributed by atoms with Crippen LogP contribution in [0.15, 0.2) is 152 Å². The Morgan fingerprint density at radius 2 is 1.16 bits per heavy atom. The highest BCUT2D eigenvalue weighted by Gasteiger charge is 2.19. The Labute approximate surface area is 283 Å². The Morgan fingerprint density at radius 3 is 1.84 bits per heavy atom. The predicted molar refractivity (Wildman–Crippen MR) is 198 cm³/mol. The number of nitrogens with zero attached hydrogens (tertiary/aromatic N) is 6. The molecule has 9 aromatic rings. The molecule has 0 fully saturated rings. The zero-order chi connectivity index (χ0) is 32.7. The van der Waals surface area contributed by atoms with Gasteiger partial charge in [0, 0.05) is 40.8 Å². The molecule has 0 atom stereocenters. The van der Waals surface area contributed by atoms with E-state index in [4.69, 9.17) is 15.0 Å². The highest BCUT2D eigenvalue weighted by Crippen LogP contribution is 2.39. The summed E-state index contributed by atoms with van der Waals surface area (Å²) in [5.41, 5.74) is 11.4. The van der Waals surface area contributed by atoms with E-state index in [1.807, 2.05) is 48.5 Å². The SMILES string of the molecule is CCc1nc2c3c(-c4ccc(-c5cc(-c6ccccn6)nc(-c6ccccn6)c5)cc4)nc4ccccc4c3ccc2n1-c1ccccc1. The second-order valence-corrected chi connectivity index (χ2v) is 12.0. The molecule has 0 spiro atoms. The average Bonchev–Trinajstić information content (AvgIpc) is 3.57. The van der Waals surface area contributed by atoms with Crippen LogP contribution in [0.3, 0.4) is 0 Å². The maximum Gasteiger partial charge on any atom is 0.114 e. The quantitative estimate of drug-likeness (QED) is 0.171. The second-order valence-electron chi connectivity index (χ2n) is 12.0. The molecular weight excluding hydrogens is 601 g/mol. The first-order valence-corrected chi connectivity index (χ1v) is 16.5. The number of pyridine rings is 4. The summed E-state index contributed by atoms with van der Waals surface area (Å²) in [5.74, 6) is 1.02. The van der Waals surface area contributed by atoms with Gasteiger partial charge in [-0.3, -0.25) is 14.5 Å². The van der Waals surface area contributed by atoms with Gasteiger partial charge < -0.3 is 0 Å². The number of hydrogen-bond acceptors (Lipinski definition) is 5. The van der Waals surface area contributed by atoms with Gasteiger partial charge in [-0.25, -0.2) is 15.0 Å². The van der Waals surface area contributed by atoms with Gasteiger partial charge in [0.15, 0.2) is 0 Å². The molecule has 0 unspecified atom stereocenters. The maximum atomic E-state index is 5.30. The van der Waals surface area contributed by atoms with Crippen molar-refractivity contribution in [1.29, 1.82) is 0 Å². The van der Waals surface area contributed by atoms with Crippen LogP contribution in [0.1, 0.15) is 12.7 Å². The second kappa shape index (κ2) is 11.9. The molecule has 9 rings (SSSR count). The number of rotatable bonds is 6.